The van der Waals surface area contributed by atoms with Gasteiger partial charge in [-0.1, -0.05) is 12.1 Å². The molecule has 1 unspecified atom stereocenters. The van der Waals surface area contributed by atoms with Crippen molar-refractivity contribution < 1.29 is 18.3 Å². The van der Waals surface area contributed by atoms with E-state index in [1.54, 1.807) is 6.07 Å². The van der Waals surface area contributed by atoms with E-state index in [9.17, 15) is 13.9 Å². The molecule has 1 atom stereocenters. The van der Waals surface area contributed by atoms with Gasteiger partial charge in [-0.15, -0.1) is 0 Å². The Bertz CT molecular complexity index is 778. The number of aliphatic hydroxyl groups is 1. The first-order valence-corrected chi connectivity index (χ1v) is 7.13. The lowest BCUT2D eigenvalue weighted by atomic mass is 10.1. The summed E-state index contributed by atoms with van der Waals surface area (Å²) < 4.78 is 32.7. The Morgan fingerprint density at radius 1 is 1.10 bits per heavy atom. The lowest BCUT2D eigenvalue weighted by Crippen LogP contribution is -2.01. The van der Waals surface area contributed by atoms with Crippen molar-refractivity contribution in [2.75, 3.05) is 0 Å². The molecule has 0 saturated heterocycles. The van der Waals surface area contributed by atoms with E-state index in [4.69, 9.17) is 4.42 Å². The summed E-state index contributed by atoms with van der Waals surface area (Å²) in [6.45, 7) is 0. The molecule has 1 N–H and O–H groups in total. The minimum atomic E-state index is -0.967. The number of hydrogen-bond acceptors (Lipinski definition) is 2. The van der Waals surface area contributed by atoms with Crippen LogP contribution in [0.1, 0.15) is 17.4 Å². The molecule has 0 spiro atoms. The molecule has 0 fully saturated rings. The summed E-state index contributed by atoms with van der Waals surface area (Å²) in [7, 11) is 0. The summed E-state index contributed by atoms with van der Waals surface area (Å²) in [5.74, 6) is -0.962. The molecule has 3 aromatic rings. The van der Waals surface area contributed by atoms with Gasteiger partial charge < -0.3 is 9.52 Å². The molecule has 2 nitrogen and oxygen atoms in total. The van der Waals surface area contributed by atoms with Crippen molar-refractivity contribution in [1.82, 2.24) is 0 Å². The van der Waals surface area contributed by atoms with Crippen LogP contribution in [0, 0.1) is 11.6 Å². The first kappa shape index (κ1) is 14.2. The summed E-state index contributed by atoms with van der Waals surface area (Å²) in [4.78, 5) is 0. The third-order valence-corrected chi connectivity index (χ3v) is 3.82. The van der Waals surface area contributed by atoms with E-state index in [-0.39, 0.29) is 6.42 Å². The molecule has 5 heteroatoms. The third-order valence-electron chi connectivity index (χ3n) is 3.19. The Morgan fingerprint density at radius 2 is 1.81 bits per heavy atom. The number of fused-ring (bicyclic) bond motifs is 1. The Morgan fingerprint density at radius 3 is 2.48 bits per heavy atom. The summed E-state index contributed by atoms with van der Waals surface area (Å²) in [6.07, 6.45) is -0.892. The zero-order valence-corrected chi connectivity index (χ0v) is 12.4. The number of hydrogen-bond donors (Lipinski definition) is 1. The predicted molar refractivity (Wildman–Crippen MR) is 78.9 cm³/mol. The van der Waals surface area contributed by atoms with E-state index in [1.165, 1.54) is 12.1 Å². The molecule has 0 saturated carbocycles. The van der Waals surface area contributed by atoms with E-state index in [0.29, 0.717) is 16.9 Å². The van der Waals surface area contributed by atoms with Gasteiger partial charge in [0.25, 0.3) is 0 Å². The SMILES string of the molecule is OC(Cc1cc(F)cc(F)c1)c1cc2cccc(Br)c2o1. The molecule has 0 amide bonds. The van der Waals surface area contributed by atoms with Crippen LogP contribution in [0.4, 0.5) is 8.78 Å². The minimum absolute atomic E-state index is 0.0755. The topological polar surface area (TPSA) is 33.4 Å². The maximum atomic E-state index is 13.1. The highest BCUT2D eigenvalue weighted by atomic mass is 79.9. The van der Waals surface area contributed by atoms with Gasteiger partial charge in [0.1, 0.15) is 29.1 Å². The summed E-state index contributed by atoms with van der Waals surface area (Å²) >= 11 is 3.37. The molecule has 108 valence electrons. The third kappa shape index (κ3) is 2.99. The van der Waals surface area contributed by atoms with E-state index >= 15 is 0 Å². The Hall–Kier alpha value is -1.72. The molecule has 2 aromatic carbocycles. The van der Waals surface area contributed by atoms with Gasteiger partial charge >= 0.3 is 0 Å². The van der Waals surface area contributed by atoms with Crippen LogP contribution in [0.5, 0.6) is 0 Å². The fourth-order valence-electron chi connectivity index (χ4n) is 2.26. The summed E-state index contributed by atoms with van der Waals surface area (Å²) in [5.41, 5.74) is 1.01. The van der Waals surface area contributed by atoms with Crippen molar-refractivity contribution >= 4 is 26.9 Å². The van der Waals surface area contributed by atoms with Crippen molar-refractivity contribution in [2.24, 2.45) is 0 Å². The van der Waals surface area contributed by atoms with Crippen LogP contribution in [-0.2, 0) is 6.42 Å². The second-order valence-corrected chi connectivity index (χ2v) is 5.66. The van der Waals surface area contributed by atoms with E-state index < -0.39 is 17.7 Å². The molecular formula is C16H11BrF2O2. The van der Waals surface area contributed by atoms with E-state index in [1.807, 2.05) is 18.2 Å². The highest BCUT2D eigenvalue weighted by Crippen LogP contribution is 2.30. The first-order valence-electron chi connectivity index (χ1n) is 6.34. The highest BCUT2D eigenvalue weighted by Gasteiger charge is 2.16. The average Bonchev–Trinajstić information content (AvgIpc) is 2.83. The number of para-hydroxylation sites is 1. The second-order valence-electron chi connectivity index (χ2n) is 4.80. The van der Waals surface area contributed by atoms with Gasteiger partial charge in [0, 0.05) is 17.9 Å². The maximum Gasteiger partial charge on any atom is 0.148 e. The van der Waals surface area contributed by atoms with Crippen molar-refractivity contribution in [2.45, 2.75) is 12.5 Å². The standard InChI is InChI=1S/C16H11BrF2O2/c17-13-3-1-2-10-7-15(21-16(10)13)14(20)6-9-4-11(18)8-12(19)5-9/h1-5,7-8,14,20H,6H2. The predicted octanol–water partition coefficient (Wildman–Crippen LogP) is 4.75. The molecule has 0 bridgehead atoms. The van der Waals surface area contributed by atoms with Gasteiger partial charge in [0.2, 0.25) is 0 Å². The van der Waals surface area contributed by atoms with Crippen molar-refractivity contribution in [1.29, 1.82) is 0 Å². The molecule has 0 aliphatic heterocycles. The lowest BCUT2D eigenvalue weighted by molar-refractivity contribution is 0.152. The van der Waals surface area contributed by atoms with Crippen LogP contribution in [0.3, 0.4) is 0 Å². The zero-order valence-electron chi connectivity index (χ0n) is 10.8. The average molecular weight is 353 g/mol. The van der Waals surface area contributed by atoms with Crippen molar-refractivity contribution in [3.05, 3.63) is 69.9 Å². The Balaban J connectivity index is 1.89. The molecular weight excluding hydrogens is 342 g/mol. The number of rotatable bonds is 3. The van der Waals surface area contributed by atoms with Crippen molar-refractivity contribution in [3.8, 4) is 0 Å². The number of aliphatic hydroxyl groups excluding tert-OH is 1. The smallest absolute Gasteiger partial charge is 0.148 e. The van der Waals surface area contributed by atoms with Gasteiger partial charge in [-0.05, 0) is 45.8 Å². The van der Waals surface area contributed by atoms with Crippen LogP contribution in [0.25, 0.3) is 11.0 Å². The quantitative estimate of drug-likeness (QED) is 0.737. The molecule has 1 aromatic heterocycles. The Labute approximate surface area is 128 Å². The molecule has 0 aliphatic rings. The second kappa shape index (κ2) is 5.58. The van der Waals surface area contributed by atoms with Gasteiger partial charge in [-0.2, -0.15) is 0 Å². The number of halogens is 3. The lowest BCUT2D eigenvalue weighted by Gasteiger charge is -2.08. The van der Waals surface area contributed by atoms with Crippen LogP contribution < -0.4 is 0 Å². The molecule has 0 aliphatic carbocycles. The molecule has 1 heterocycles. The highest BCUT2D eigenvalue weighted by molar-refractivity contribution is 9.10. The van der Waals surface area contributed by atoms with E-state index in [0.717, 1.165) is 15.9 Å². The van der Waals surface area contributed by atoms with Crippen LogP contribution in [-0.4, -0.2) is 5.11 Å². The minimum Gasteiger partial charge on any atom is -0.457 e. The maximum absolute atomic E-state index is 13.1. The van der Waals surface area contributed by atoms with Crippen molar-refractivity contribution in [3.63, 3.8) is 0 Å². The first-order chi connectivity index (χ1) is 10.0. The monoisotopic (exact) mass is 352 g/mol. The van der Waals surface area contributed by atoms with Gasteiger partial charge in [-0.25, -0.2) is 8.78 Å². The fourth-order valence-corrected chi connectivity index (χ4v) is 2.73. The summed E-state index contributed by atoms with van der Waals surface area (Å²) in [6, 6.07) is 10.5. The normalized spacial score (nSPS) is 12.8. The van der Waals surface area contributed by atoms with Gasteiger partial charge in [-0.3, -0.25) is 0 Å². The fraction of sp³-hybridized carbons (Fsp3) is 0.125. The van der Waals surface area contributed by atoms with Crippen LogP contribution in [0.2, 0.25) is 0 Å². The van der Waals surface area contributed by atoms with Crippen LogP contribution >= 0.6 is 15.9 Å². The van der Waals surface area contributed by atoms with E-state index in [2.05, 4.69) is 15.9 Å². The van der Waals surface area contributed by atoms with Crippen LogP contribution in [0.15, 0.2) is 51.4 Å². The Kier molecular flexibility index (Phi) is 3.78. The zero-order chi connectivity index (χ0) is 15.0. The van der Waals surface area contributed by atoms with Gasteiger partial charge in [0.15, 0.2) is 0 Å². The molecule has 3 rings (SSSR count). The number of benzene rings is 2. The molecule has 0 radical (unpaired) electrons. The molecule has 21 heavy (non-hydrogen) atoms. The number of furan rings is 1. The van der Waals surface area contributed by atoms with Gasteiger partial charge in [0.05, 0.1) is 4.47 Å². The summed E-state index contributed by atoms with van der Waals surface area (Å²) in [5, 5.41) is 11.0. The largest absolute Gasteiger partial charge is 0.457 e.